The van der Waals surface area contributed by atoms with Crippen LogP contribution >= 0.6 is 0 Å². The maximum absolute atomic E-state index is 13.3. The van der Waals surface area contributed by atoms with Crippen molar-refractivity contribution in [1.82, 2.24) is 18.8 Å². The number of piperidine rings is 1. The van der Waals surface area contributed by atoms with Gasteiger partial charge >= 0.3 is 0 Å². The molecule has 1 aliphatic carbocycles. The smallest absolute Gasteiger partial charge is 0.282 e. The molecule has 3 fully saturated rings. The van der Waals surface area contributed by atoms with Gasteiger partial charge in [0.15, 0.2) is 0 Å². The predicted molar refractivity (Wildman–Crippen MR) is 121 cm³/mol. The van der Waals surface area contributed by atoms with E-state index in [0.29, 0.717) is 52.0 Å². The van der Waals surface area contributed by atoms with E-state index in [9.17, 15) is 18.0 Å². The van der Waals surface area contributed by atoms with Crippen molar-refractivity contribution in [1.29, 1.82) is 0 Å². The van der Waals surface area contributed by atoms with Gasteiger partial charge in [-0.05, 0) is 44.1 Å². The highest BCUT2D eigenvalue weighted by molar-refractivity contribution is 7.86. The van der Waals surface area contributed by atoms with Gasteiger partial charge in [0, 0.05) is 45.2 Å². The van der Waals surface area contributed by atoms with Gasteiger partial charge in [0.1, 0.15) is 6.04 Å². The van der Waals surface area contributed by atoms with Crippen LogP contribution in [0.25, 0.3) is 0 Å². The molecule has 3 aliphatic heterocycles. The molecular weight excluding hydrogens is 428 g/mol. The Labute approximate surface area is 190 Å². The number of carbonyl (C=O) groups is 2. The lowest BCUT2D eigenvalue weighted by Gasteiger charge is -2.41. The molecule has 4 rings (SSSR count). The highest BCUT2D eigenvalue weighted by Crippen LogP contribution is 2.29. The molecule has 0 aromatic rings. The Morgan fingerprint density at radius 1 is 1.09 bits per heavy atom. The highest BCUT2D eigenvalue weighted by Gasteiger charge is 2.43. The first-order valence-electron chi connectivity index (χ1n) is 11.5. The minimum Gasteiger partial charge on any atom is -0.350 e. The molecule has 4 aliphatic rings. The number of nitrogens with zero attached hydrogens (tertiary/aromatic N) is 3. The average molecular weight is 461 g/mol. The van der Waals surface area contributed by atoms with E-state index in [0.717, 1.165) is 24.8 Å². The molecule has 0 aromatic heterocycles. The van der Waals surface area contributed by atoms with Gasteiger partial charge in [-0.15, -0.1) is 12.3 Å². The number of nitrogens with one attached hydrogen (secondary N) is 1. The van der Waals surface area contributed by atoms with Gasteiger partial charge in [-0.1, -0.05) is 18.2 Å². The molecule has 3 saturated heterocycles. The van der Waals surface area contributed by atoms with Crippen molar-refractivity contribution in [2.45, 2.75) is 44.6 Å². The number of amides is 2. The third-order valence-electron chi connectivity index (χ3n) is 6.85. The summed E-state index contributed by atoms with van der Waals surface area (Å²) in [4.78, 5) is 27.8. The number of allylic oxidation sites excluding steroid dienone is 2. The van der Waals surface area contributed by atoms with Gasteiger partial charge in [0.25, 0.3) is 10.2 Å². The van der Waals surface area contributed by atoms with Crippen molar-refractivity contribution in [3.8, 4) is 12.3 Å². The van der Waals surface area contributed by atoms with Crippen LogP contribution in [0, 0.1) is 24.2 Å². The summed E-state index contributed by atoms with van der Waals surface area (Å²) in [5.41, 5.74) is 1.09. The quantitative estimate of drug-likeness (QED) is 0.596. The molecule has 0 spiro atoms. The molecular formula is C23H32N4O4S. The maximum atomic E-state index is 13.3. The summed E-state index contributed by atoms with van der Waals surface area (Å²) < 4.78 is 28.6. The summed E-state index contributed by atoms with van der Waals surface area (Å²) in [7, 11) is -3.60. The summed E-state index contributed by atoms with van der Waals surface area (Å²) in [6.45, 7) is 2.27. The summed E-state index contributed by atoms with van der Waals surface area (Å²) in [6, 6.07) is -0.477. The predicted octanol–water partition coefficient (Wildman–Crippen LogP) is 0.892. The van der Waals surface area contributed by atoms with Gasteiger partial charge in [-0.25, -0.2) is 0 Å². The highest BCUT2D eigenvalue weighted by atomic mass is 32.2. The number of likely N-dealkylation sites (tertiary alicyclic amines) is 1. The van der Waals surface area contributed by atoms with Gasteiger partial charge in [-0.2, -0.15) is 17.0 Å². The van der Waals surface area contributed by atoms with E-state index in [2.05, 4.69) is 23.4 Å². The first-order valence-corrected chi connectivity index (χ1v) is 12.9. The van der Waals surface area contributed by atoms with Crippen LogP contribution in [0.1, 0.15) is 38.5 Å². The van der Waals surface area contributed by atoms with Crippen molar-refractivity contribution < 1.29 is 18.0 Å². The van der Waals surface area contributed by atoms with E-state index >= 15 is 0 Å². The molecule has 0 saturated carbocycles. The zero-order chi connectivity index (χ0) is 22.7. The van der Waals surface area contributed by atoms with Crippen molar-refractivity contribution >= 4 is 22.0 Å². The Morgan fingerprint density at radius 3 is 2.59 bits per heavy atom. The van der Waals surface area contributed by atoms with Crippen LogP contribution in [0.4, 0.5) is 0 Å². The number of hydrogen-bond donors (Lipinski definition) is 1. The third kappa shape index (κ3) is 4.77. The average Bonchev–Trinajstić information content (AvgIpc) is 3.27. The van der Waals surface area contributed by atoms with E-state index < -0.39 is 22.2 Å². The van der Waals surface area contributed by atoms with Crippen molar-refractivity contribution in [3.05, 3.63) is 23.8 Å². The second-order valence-corrected chi connectivity index (χ2v) is 11.0. The lowest BCUT2D eigenvalue weighted by atomic mass is 9.97. The third-order valence-corrected chi connectivity index (χ3v) is 8.78. The maximum Gasteiger partial charge on any atom is 0.282 e. The second kappa shape index (κ2) is 9.77. The molecule has 0 aromatic carbocycles. The van der Waals surface area contributed by atoms with E-state index in [1.807, 2.05) is 6.08 Å². The van der Waals surface area contributed by atoms with Crippen LogP contribution in [0.2, 0.25) is 0 Å². The molecule has 0 bridgehead atoms. The molecule has 8 nitrogen and oxygen atoms in total. The van der Waals surface area contributed by atoms with E-state index in [1.165, 1.54) is 8.61 Å². The SMILES string of the molecule is C#CC1CN(S(=O)(=O)N2CCCC(C(=O)N3CCC[C@@H]3C(=O)NCC3=CCCC=C3)C2)C1. The molecule has 3 heterocycles. The van der Waals surface area contributed by atoms with Crippen LogP contribution in [0.3, 0.4) is 0 Å². The largest absolute Gasteiger partial charge is 0.350 e. The summed E-state index contributed by atoms with van der Waals surface area (Å²) in [5.74, 6) is 1.90. The minimum atomic E-state index is -3.60. The van der Waals surface area contributed by atoms with Gasteiger partial charge in [0.05, 0.1) is 5.92 Å². The summed E-state index contributed by atoms with van der Waals surface area (Å²) >= 11 is 0. The van der Waals surface area contributed by atoms with E-state index in [1.54, 1.807) is 4.90 Å². The Morgan fingerprint density at radius 2 is 1.88 bits per heavy atom. The van der Waals surface area contributed by atoms with Crippen molar-refractivity contribution in [2.75, 3.05) is 39.3 Å². The lowest BCUT2D eigenvalue weighted by molar-refractivity contribution is -0.142. The number of carbonyl (C=O) groups excluding carboxylic acids is 2. The normalized spacial score (nSPS) is 27.5. The monoisotopic (exact) mass is 460 g/mol. The fraction of sp³-hybridized carbons (Fsp3) is 0.652. The zero-order valence-electron chi connectivity index (χ0n) is 18.4. The summed E-state index contributed by atoms with van der Waals surface area (Å²) in [5, 5.41) is 2.97. The summed E-state index contributed by atoms with van der Waals surface area (Å²) in [6.07, 6.45) is 16.3. The molecule has 2 amide bonds. The molecule has 1 unspecified atom stereocenters. The zero-order valence-corrected chi connectivity index (χ0v) is 19.2. The molecule has 1 N–H and O–H groups in total. The Balaban J connectivity index is 1.35. The standard InChI is InChI=1S/C23H32N4O4S/c1-2-18-15-26(16-18)32(30,31)25-12-6-10-20(17-25)23(29)27-13-7-11-21(27)22(28)24-14-19-8-4-3-5-9-19/h1,4,8-9,18,20-21H,3,5-7,10-17H2,(H,24,28)/t20?,21-/m1/s1. The molecule has 2 atom stereocenters. The second-order valence-electron chi connectivity index (χ2n) is 9.05. The van der Waals surface area contributed by atoms with Gasteiger partial charge in [0.2, 0.25) is 11.8 Å². The number of hydrogen-bond acceptors (Lipinski definition) is 4. The van der Waals surface area contributed by atoms with Crippen LogP contribution in [-0.2, 0) is 19.8 Å². The number of terminal acetylenes is 1. The van der Waals surface area contributed by atoms with Crippen molar-refractivity contribution in [3.63, 3.8) is 0 Å². The Kier molecular flexibility index (Phi) is 7.03. The molecule has 174 valence electrons. The molecule has 0 radical (unpaired) electrons. The molecule has 32 heavy (non-hydrogen) atoms. The van der Waals surface area contributed by atoms with Crippen LogP contribution in [0.5, 0.6) is 0 Å². The minimum absolute atomic E-state index is 0.0317. The Bertz CT molecular complexity index is 946. The van der Waals surface area contributed by atoms with Crippen molar-refractivity contribution in [2.24, 2.45) is 11.8 Å². The van der Waals surface area contributed by atoms with Gasteiger partial charge < -0.3 is 10.2 Å². The lowest BCUT2D eigenvalue weighted by Crippen LogP contribution is -2.57. The number of rotatable bonds is 6. The van der Waals surface area contributed by atoms with Crippen LogP contribution in [0.15, 0.2) is 23.8 Å². The molecule has 9 heteroatoms. The van der Waals surface area contributed by atoms with Crippen LogP contribution < -0.4 is 5.32 Å². The van der Waals surface area contributed by atoms with Crippen LogP contribution in [-0.4, -0.2) is 79.1 Å². The van der Waals surface area contributed by atoms with E-state index in [-0.39, 0.29) is 24.3 Å². The first-order chi connectivity index (χ1) is 15.4. The Hall–Kier alpha value is -2.15. The fourth-order valence-corrected chi connectivity index (χ4v) is 6.68. The van der Waals surface area contributed by atoms with Gasteiger partial charge in [-0.3, -0.25) is 9.59 Å². The van der Waals surface area contributed by atoms with E-state index in [4.69, 9.17) is 6.42 Å². The topological polar surface area (TPSA) is 90.0 Å². The first kappa shape index (κ1) is 23.0. The fourth-order valence-electron chi connectivity index (χ4n) is 4.89.